The summed E-state index contributed by atoms with van der Waals surface area (Å²) in [6.07, 6.45) is -9.81. The van der Waals surface area contributed by atoms with E-state index in [0.29, 0.717) is 11.1 Å². The van der Waals surface area contributed by atoms with Crippen molar-refractivity contribution in [3.8, 4) is 0 Å². The molecule has 0 radical (unpaired) electrons. The van der Waals surface area contributed by atoms with Crippen LogP contribution in [0.2, 0.25) is 0 Å². The molecule has 0 aliphatic carbocycles. The maximum Gasteiger partial charge on any atom is 0.327 e. The minimum Gasteiger partial charge on any atom is -0.463 e. The molecule has 234 valence electrons. The van der Waals surface area contributed by atoms with E-state index in [-0.39, 0.29) is 0 Å². The number of rotatable bonds is 16. The van der Waals surface area contributed by atoms with Gasteiger partial charge in [0.25, 0.3) is 0 Å². The van der Waals surface area contributed by atoms with Gasteiger partial charge in [-0.15, -0.1) is 0 Å². The van der Waals surface area contributed by atoms with Gasteiger partial charge >= 0.3 is 32.5 Å². The Morgan fingerprint density at radius 3 is 1.67 bits per heavy atom. The second kappa shape index (κ2) is 17.0. The first kappa shape index (κ1) is 29.6. The predicted molar refractivity (Wildman–Crippen MR) is 152 cm³/mol. The zero-order valence-electron chi connectivity index (χ0n) is 26.8. The number of esters is 4. The van der Waals surface area contributed by atoms with Gasteiger partial charge < -0.3 is 37.8 Å². The average molecular weight is 645 g/mol. The third kappa shape index (κ3) is 12.0. The summed E-state index contributed by atoms with van der Waals surface area (Å²) in [6, 6.07) is 16.2. The molecule has 2 aromatic carbocycles. The van der Waals surface area contributed by atoms with E-state index in [2.05, 4.69) is 0 Å². The molecule has 2 N–H and O–H groups in total. The van der Waals surface area contributed by atoms with Gasteiger partial charge in [0, 0.05) is 45.4 Å². The molecule has 0 aliphatic heterocycles. The summed E-state index contributed by atoms with van der Waals surface area (Å²) in [7, 11) is -7.66. The summed E-state index contributed by atoms with van der Waals surface area (Å²) in [5.74, 6) is -5.29. The van der Waals surface area contributed by atoms with Crippen molar-refractivity contribution in [3.63, 3.8) is 0 Å². The molecule has 0 bridgehead atoms. The lowest BCUT2D eigenvalue weighted by molar-refractivity contribution is -0.194. The van der Waals surface area contributed by atoms with Crippen molar-refractivity contribution in [1.82, 2.24) is 0 Å². The normalized spacial score (nSPS) is 15.3. The molecule has 15 heteroatoms. The van der Waals surface area contributed by atoms with Gasteiger partial charge in [-0.25, -0.2) is 0 Å². The molecular weight excluding hydrogens is 606 g/mol. The molecular formula is C28H34O13P2. The smallest absolute Gasteiger partial charge is 0.327 e. The fourth-order valence-corrected chi connectivity index (χ4v) is 7.15. The van der Waals surface area contributed by atoms with Gasteiger partial charge in [0.2, 0.25) is 11.6 Å². The SMILES string of the molecule is [2H]CC(=O)OC[C@@H](OP(O)O)[C@@H](OC(=O)C[2H])[C@H](OC(=O)C[2H])[C@@H](OC(=O)C[2H])C(=O)P(=O)(Cc1ccccc1)Cc1ccccc1. The summed E-state index contributed by atoms with van der Waals surface area (Å²) >= 11 is 0. The molecule has 13 nitrogen and oxygen atoms in total. The molecule has 2 rings (SSSR count). The van der Waals surface area contributed by atoms with Crippen LogP contribution in [-0.2, 0) is 64.3 Å². The molecule has 0 fully saturated rings. The van der Waals surface area contributed by atoms with Gasteiger partial charge in [-0.05, 0) is 11.1 Å². The third-order valence-corrected chi connectivity index (χ3v) is 8.90. The maximum absolute atomic E-state index is 14.8. The number of carbonyl (C=O) groups excluding carboxylic acids is 5. The second-order valence-corrected chi connectivity index (χ2v) is 12.5. The average Bonchev–Trinajstić information content (AvgIpc) is 3.06. The minimum atomic E-state index is -4.30. The van der Waals surface area contributed by atoms with E-state index in [1.165, 1.54) is 0 Å². The zero-order chi connectivity index (χ0) is 35.0. The van der Waals surface area contributed by atoms with E-state index in [1.54, 1.807) is 60.7 Å². The Morgan fingerprint density at radius 2 is 1.21 bits per heavy atom. The van der Waals surface area contributed by atoms with Crippen molar-refractivity contribution in [2.75, 3.05) is 6.61 Å². The molecule has 0 saturated heterocycles. The highest BCUT2D eigenvalue weighted by Gasteiger charge is 2.51. The molecule has 2 aromatic rings. The summed E-state index contributed by atoms with van der Waals surface area (Å²) in [6.45, 7) is -5.17. The van der Waals surface area contributed by atoms with Crippen LogP contribution in [0.3, 0.4) is 0 Å². The first-order chi connectivity index (χ1) is 22.4. The molecule has 0 aromatic heterocycles. The Kier molecular flexibility index (Phi) is 11.7. The van der Waals surface area contributed by atoms with Crippen LogP contribution in [0.5, 0.6) is 0 Å². The van der Waals surface area contributed by atoms with Crippen LogP contribution < -0.4 is 0 Å². The van der Waals surface area contributed by atoms with Crippen molar-refractivity contribution >= 4 is 45.1 Å². The maximum atomic E-state index is 14.8. The Hall–Kier alpha value is -3.47. The van der Waals surface area contributed by atoms with E-state index in [4.69, 9.17) is 29.0 Å². The van der Waals surface area contributed by atoms with Crippen molar-refractivity contribution < 1.29 is 67.3 Å². The molecule has 0 heterocycles. The predicted octanol–water partition coefficient (Wildman–Crippen LogP) is 3.23. The summed E-state index contributed by atoms with van der Waals surface area (Å²) in [4.78, 5) is 83.2. The zero-order valence-corrected chi connectivity index (χ0v) is 24.6. The Labute approximate surface area is 255 Å². The lowest BCUT2D eigenvalue weighted by atomic mass is 10.0. The molecule has 0 amide bonds. The summed E-state index contributed by atoms with van der Waals surface area (Å²) in [5, 5.41) is 0. The molecule has 0 unspecified atom stereocenters. The van der Waals surface area contributed by atoms with Gasteiger partial charge in [-0.3, -0.25) is 24.0 Å². The van der Waals surface area contributed by atoms with Crippen LogP contribution in [0.25, 0.3) is 0 Å². The first-order valence-corrected chi connectivity index (χ1v) is 15.6. The largest absolute Gasteiger partial charge is 0.463 e. The third-order valence-electron chi connectivity index (χ3n) is 5.63. The van der Waals surface area contributed by atoms with E-state index >= 15 is 0 Å². The molecule has 4 atom stereocenters. The number of benzene rings is 2. The topological polar surface area (TPSA) is 189 Å². The standard InChI is InChI=1S/C28H34O13P2/c1-18(29)37-15-24(41-42(34)35)25(38-19(2)30)26(39-20(3)31)27(40-21(4)32)28(33)43(36,16-22-11-7-5-8-12-22)17-23-13-9-6-10-14-23/h5-14,24-27,34-35H,15-17H2,1-4H3/t24-,25-,26+,27-/m1/s1/i1D,2D,3D,4D. The van der Waals surface area contributed by atoms with E-state index < -0.39 is 116 Å². The summed E-state index contributed by atoms with van der Waals surface area (Å²) in [5.41, 5.74) is -0.464. The van der Waals surface area contributed by atoms with Crippen LogP contribution in [0, 0.1) is 0 Å². The van der Waals surface area contributed by atoms with E-state index in [1.807, 2.05) is 0 Å². The van der Waals surface area contributed by atoms with Gasteiger partial charge in [0.15, 0.2) is 19.3 Å². The Balaban J connectivity index is 2.82. The van der Waals surface area contributed by atoms with Gasteiger partial charge in [0.05, 0.1) is 0 Å². The fraction of sp³-hybridized carbons (Fsp3) is 0.393. The van der Waals surface area contributed by atoms with Crippen LogP contribution in [0.4, 0.5) is 0 Å². The number of carbonyl (C=O) groups is 5. The number of hydrogen-bond donors (Lipinski definition) is 2. The molecule has 0 aliphatic rings. The monoisotopic (exact) mass is 644 g/mol. The van der Waals surface area contributed by atoms with Crippen molar-refractivity contribution in [2.45, 2.75) is 64.3 Å². The highest BCUT2D eigenvalue weighted by Crippen LogP contribution is 2.55. The van der Waals surface area contributed by atoms with Crippen molar-refractivity contribution in [3.05, 3.63) is 71.8 Å². The second-order valence-electron chi connectivity index (χ2n) is 8.91. The summed E-state index contributed by atoms with van der Waals surface area (Å²) < 4.78 is 69.9. The van der Waals surface area contributed by atoms with E-state index in [0.717, 1.165) is 0 Å². The van der Waals surface area contributed by atoms with Crippen LogP contribution >= 0.6 is 15.7 Å². The quantitative estimate of drug-likeness (QED) is 0.154. The number of hydrogen-bond acceptors (Lipinski definition) is 13. The van der Waals surface area contributed by atoms with Gasteiger partial charge in [-0.1, -0.05) is 60.7 Å². The van der Waals surface area contributed by atoms with Crippen LogP contribution in [0.15, 0.2) is 60.7 Å². The molecule has 0 saturated carbocycles. The number of ether oxygens (including phenoxy) is 4. The minimum absolute atomic E-state index is 0.396. The highest BCUT2D eigenvalue weighted by atomic mass is 31.2. The lowest BCUT2D eigenvalue weighted by Gasteiger charge is -2.36. The van der Waals surface area contributed by atoms with E-state index in [9.17, 15) is 38.3 Å². The first-order valence-electron chi connectivity index (χ1n) is 15.2. The van der Waals surface area contributed by atoms with Crippen molar-refractivity contribution in [1.29, 1.82) is 0 Å². The van der Waals surface area contributed by atoms with Crippen LogP contribution in [0.1, 0.15) is 44.2 Å². The van der Waals surface area contributed by atoms with Crippen molar-refractivity contribution in [2.24, 2.45) is 0 Å². The fourth-order valence-electron chi connectivity index (χ4n) is 4.04. The van der Waals surface area contributed by atoms with Gasteiger partial charge in [0.1, 0.15) is 12.7 Å². The molecule has 0 spiro atoms. The molecule has 43 heavy (non-hydrogen) atoms. The Bertz CT molecular complexity index is 1340. The lowest BCUT2D eigenvalue weighted by Crippen LogP contribution is -2.54. The van der Waals surface area contributed by atoms with Gasteiger partial charge in [-0.2, -0.15) is 0 Å². The highest BCUT2D eigenvalue weighted by molar-refractivity contribution is 7.79. The van der Waals surface area contributed by atoms with Crippen LogP contribution in [-0.4, -0.2) is 70.2 Å². The Morgan fingerprint density at radius 1 is 0.744 bits per heavy atom.